The predicted molar refractivity (Wildman–Crippen MR) is 165 cm³/mol. The third kappa shape index (κ3) is 3.65. The van der Waals surface area contributed by atoms with Gasteiger partial charge in [-0.1, -0.05) is 121 Å². The molecule has 0 unspecified atom stereocenters. The van der Waals surface area contributed by atoms with Crippen LogP contribution in [0.3, 0.4) is 0 Å². The van der Waals surface area contributed by atoms with Crippen molar-refractivity contribution in [3.8, 4) is 44.9 Å². The zero-order valence-corrected chi connectivity index (χ0v) is 21.7. The van der Waals surface area contributed by atoms with Gasteiger partial charge in [0.05, 0.1) is 0 Å². The molecule has 0 bridgehead atoms. The van der Waals surface area contributed by atoms with Crippen molar-refractivity contribution in [3.63, 3.8) is 0 Å². The molecule has 2 nitrogen and oxygen atoms in total. The molecule has 188 valence electrons. The maximum atomic E-state index is 6.79. The first-order valence-electron chi connectivity index (χ1n) is 13.5. The van der Waals surface area contributed by atoms with Gasteiger partial charge >= 0.3 is 0 Å². The van der Waals surface area contributed by atoms with Gasteiger partial charge in [0.15, 0.2) is 0 Å². The Labute approximate surface area is 231 Å². The normalized spacial score (nSPS) is 11.5. The van der Waals surface area contributed by atoms with Gasteiger partial charge in [-0.3, -0.25) is 0 Å². The van der Waals surface area contributed by atoms with Crippen molar-refractivity contribution in [3.05, 3.63) is 146 Å². The SMILES string of the molecule is c1ccc(-c2ccc(-c3ccc4oc5ccccc5c4c3)cc2-c2oc(-c3ccccc3)c3ccccc23)cc1. The second-order valence-electron chi connectivity index (χ2n) is 10.1. The van der Waals surface area contributed by atoms with E-state index in [0.29, 0.717) is 0 Å². The summed E-state index contributed by atoms with van der Waals surface area (Å²) in [7, 11) is 0. The molecule has 0 spiro atoms. The largest absolute Gasteiger partial charge is 0.456 e. The molecule has 6 aromatic carbocycles. The van der Waals surface area contributed by atoms with E-state index < -0.39 is 0 Å². The molecule has 0 saturated heterocycles. The molecule has 0 aliphatic heterocycles. The van der Waals surface area contributed by atoms with Crippen molar-refractivity contribution in [1.29, 1.82) is 0 Å². The average Bonchev–Trinajstić information content (AvgIpc) is 3.60. The number of fused-ring (bicyclic) bond motifs is 4. The second kappa shape index (κ2) is 9.14. The van der Waals surface area contributed by atoms with E-state index in [2.05, 4.69) is 127 Å². The second-order valence-corrected chi connectivity index (χ2v) is 10.1. The van der Waals surface area contributed by atoms with Gasteiger partial charge in [-0.25, -0.2) is 0 Å². The Bertz CT molecular complexity index is 2150. The average molecular weight is 513 g/mol. The van der Waals surface area contributed by atoms with Crippen LogP contribution in [0.25, 0.3) is 77.6 Å². The van der Waals surface area contributed by atoms with Crippen molar-refractivity contribution in [2.75, 3.05) is 0 Å². The van der Waals surface area contributed by atoms with Gasteiger partial charge < -0.3 is 8.83 Å². The van der Waals surface area contributed by atoms with Crippen LogP contribution >= 0.6 is 0 Å². The summed E-state index contributed by atoms with van der Waals surface area (Å²) < 4.78 is 12.9. The lowest BCUT2D eigenvalue weighted by Crippen LogP contribution is -1.87. The van der Waals surface area contributed by atoms with E-state index in [4.69, 9.17) is 8.83 Å². The third-order valence-electron chi connectivity index (χ3n) is 7.72. The molecule has 0 N–H and O–H groups in total. The Morgan fingerprint density at radius 1 is 0.300 bits per heavy atom. The Balaban J connectivity index is 1.38. The molecule has 8 aromatic rings. The van der Waals surface area contributed by atoms with Crippen molar-refractivity contribution in [1.82, 2.24) is 0 Å². The summed E-state index contributed by atoms with van der Waals surface area (Å²) in [5.41, 5.74) is 8.50. The standard InChI is InChI=1S/C38H24O2/c1-3-11-25(12-4-1)29-21-19-27(28-20-22-36-33(23-28)30-15-9-10-18-35(30)39-36)24-34(29)38-32-17-8-7-16-31(32)37(40-38)26-13-5-2-6-14-26/h1-24H. The molecule has 0 amide bonds. The molecule has 0 atom stereocenters. The molecule has 0 radical (unpaired) electrons. The lowest BCUT2D eigenvalue weighted by Gasteiger charge is -2.12. The first kappa shape index (κ1) is 22.6. The summed E-state index contributed by atoms with van der Waals surface area (Å²) in [4.78, 5) is 0. The minimum absolute atomic E-state index is 0.880. The van der Waals surface area contributed by atoms with Gasteiger partial charge in [0, 0.05) is 32.7 Å². The molecule has 0 aliphatic carbocycles. The molecule has 0 aliphatic rings. The molecule has 0 saturated carbocycles. The van der Waals surface area contributed by atoms with Crippen molar-refractivity contribution in [2.45, 2.75) is 0 Å². The van der Waals surface area contributed by atoms with Crippen LogP contribution < -0.4 is 0 Å². The van der Waals surface area contributed by atoms with Gasteiger partial charge in [0.2, 0.25) is 0 Å². The van der Waals surface area contributed by atoms with E-state index in [1.165, 1.54) is 0 Å². The van der Waals surface area contributed by atoms with Crippen LogP contribution in [0.5, 0.6) is 0 Å². The minimum Gasteiger partial charge on any atom is -0.456 e. The third-order valence-corrected chi connectivity index (χ3v) is 7.72. The van der Waals surface area contributed by atoms with Crippen molar-refractivity contribution < 1.29 is 8.83 Å². The highest BCUT2D eigenvalue weighted by atomic mass is 16.3. The first-order valence-corrected chi connectivity index (χ1v) is 13.5. The van der Waals surface area contributed by atoms with E-state index >= 15 is 0 Å². The number of hydrogen-bond acceptors (Lipinski definition) is 2. The van der Waals surface area contributed by atoms with E-state index in [-0.39, 0.29) is 0 Å². The monoisotopic (exact) mass is 512 g/mol. The topological polar surface area (TPSA) is 26.3 Å². The van der Waals surface area contributed by atoms with Crippen molar-refractivity contribution in [2.24, 2.45) is 0 Å². The molecular weight excluding hydrogens is 488 g/mol. The molecule has 2 aromatic heterocycles. The van der Waals surface area contributed by atoms with Crippen LogP contribution in [0.2, 0.25) is 0 Å². The van der Waals surface area contributed by atoms with Crippen LogP contribution in [-0.4, -0.2) is 0 Å². The van der Waals surface area contributed by atoms with Crippen LogP contribution in [0.4, 0.5) is 0 Å². The lowest BCUT2D eigenvalue weighted by atomic mass is 9.92. The summed E-state index contributed by atoms with van der Waals surface area (Å²) in [5.74, 6) is 1.77. The Morgan fingerprint density at radius 2 is 0.875 bits per heavy atom. The quantitative estimate of drug-likeness (QED) is 0.234. The van der Waals surface area contributed by atoms with E-state index in [1.807, 2.05) is 18.2 Å². The van der Waals surface area contributed by atoms with Crippen molar-refractivity contribution >= 4 is 32.7 Å². The number of furan rings is 2. The van der Waals surface area contributed by atoms with Crippen LogP contribution in [0.1, 0.15) is 0 Å². The van der Waals surface area contributed by atoms with Crippen LogP contribution in [0.15, 0.2) is 154 Å². The van der Waals surface area contributed by atoms with E-state index in [1.54, 1.807) is 0 Å². The Hall–Kier alpha value is -5.34. The predicted octanol–water partition coefficient (Wildman–Crippen LogP) is 11.0. The summed E-state index contributed by atoms with van der Waals surface area (Å²) >= 11 is 0. The first-order chi connectivity index (χ1) is 19.8. The molecular formula is C38H24O2. The fourth-order valence-electron chi connectivity index (χ4n) is 5.78. The molecule has 40 heavy (non-hydrogen) atoms. The Morgan fingerprint density at radius 3 is 1.65 bits per heavy atom. The highest BCUT2D eigenvalue weighted by Gasteiger charge is 2.20. The van der Waals surface area contributed by atoms with Crippen LogP contribution in [0, 0.1) is 0 Å². The van der Waals surface area contributed by atoms with Crippen LogP contribution in [-0.2, 0) is 0 Å². The van der Waals surface area contributed by atoms with Gasteiger partial charge in [0.25, 0.3) is 0 Å². The number of benzene rings is 6. The fraction of sp³-hybridized carbons (Fsp3) is 0. The van der Waals surface area contributed by atoms with E-state index in [9.17, 15) is 0 Å². The molecule has 0 fully saturated rings. The number of rotatable bonds is 4. The molecule has 2 heteroatoms. The minimum atomic E-state index is 0.880. The summed E-state index contributed by atoms with van der Waals surface area (Å²) in [6, 6.07) is 50.7. The molecule has 2 heterocycles. The Kier molecular flexibility index (Phi) is 5.17. The van der Waals surface area contributed by atoms with Gasteiger partial charge in [-0.15, -0.1) is 0 Å². The van der Waals surface area contributed by atoms with Gasteiger partial charge in [-0.2, -0.15) is 0 Å². The highest BCUT2D eigenvalue weighted by Crippen LogP contribution is 2.44. The zero-order chi connectivity index (χ0) is 26.5. The highest BCUT2D eigenvalue weighted by molar-refractivity contribution is 6.07. The van der Waals surface area contributed by atoms with E-state index in [0.717, 1.165) is 77.6 Å². The summed E-state index contributed by atoms with van der Waals surface area (Å²) in [5, 5.41) is 4.47. The summed E-state index contributed by atoms with van der Waals surface area (Å²) in [6.07, 6.45) is 0. The maximum Gasteiger partial charge on any atom is 0.143 e. The number of hydrogen-bond donors (Lipinski definition) is 0. The smallest absolute Gasteiger partial charge is 0.143 e. The molecule has 8 rings (SSSR count). The zero-order valence-electron chi connectivity index (χ0n) is 21.7. The lowest BCUT2D eigenvalue weighted by molar-refractivity contribution is 0.602. The number of para-hydroxylation sites is 1. The fourth-order valence-corrected chi connectivity index (χ4v) is 5.78. The van der Waals surface area contributed by atoms with Gasteiger partial charge in [-0.05, 0) is 46.5 Å². The van der Waals surface area contributed by atoms with Gasteiger partial charge in [0.1, 0.15) is 22.7 Å². The summed E-state index contributed by atoms with van der Waals surface area (Å²) in [6.45, 7) is 0. The maximum absolute atomic E-state index is 6.79.